The molecule has 1 fully saturated rings. The molecule has 0 aliphatic carbocycles. The number of carbonyl (C=O) groups is 4. The van der Waals surface area contributed by atoms with E-state index in [2.05, 4.69) is 69.4 Å². The van der Waals surface area contributed by atoms with Crippen LogP contribution in [0, 0.1) is 0 Å². The zero-order chi connectivity index (χ0) is 58.9. The van der Waals surface area contributed by atoms with E-state index in [9.17, 15) is 34.5 Å². The summed E-state index contributed by atoms with van der Waals surface area (Å²) in [5, 5.41) is 31.6. The molecule has 12 heteroatoms. The van der Waals surface area contributed by atoms with Gasteiger partial charge in [0.05, 0.1) is 6.61 Å². The van der Waals surface area contributed by atoms with Gasteiger partial charge in [-0.05, 0) is 77.0 Å². The van der Waals surface area contributed by atoms with Gasteiger partial charge in [0.2, 0.25) is 0 Å². The van der Waals surface area contributed by atoms with Crippen molar-refractivity contribution in [2.45, 2.75) is 353 Å². The summed E-state index contributed by atoms with van der Waals surface area (Å²) >= 11 is 0. The van der Waals surface area contributed by atoms with Crippen molar-refractivity contribution in [2.24, 2.45) is 0 Å². The lowest BCUT2D eigenvalue weighted by Gasteiger charge is -2.40. The normalized spacial score (nSPS) is 18.0. The summed E-state index contributed by atoms with van der Waals surface area (Å²) in [6, 6.07) is 0. The molecule has 1 heterocycles. The Kier molecular flexibility index (Phi) is 53.4. The number of aliphatic carboxylic acids is 1. The van der Waals surface area contributed by atoms with Gasteiger partial charge >= 0.3 is 23.9 Å². The van der Waals surface area contributed by atoms with Crippen LogP contribution in [-0.2, 0) is 42.9 Å². The van der Waals surface area contributed by atoms with Crippen LogP contribution in [0.1, 0.15) is 316 Å². The number of carbonyl (C=O) groups excluding carboxylic acids is 3. The van der Waals surface area contributed by atoms with Gasteiger partial charge in [-0.15, -0.1) is 0 Å². The second-order valence-corrected chi connectivity index (χ2v) is 23.1. The smallest absolute Gasteiger partial charge is 0.335 e. The number of allylic oxidation sites excluding steroid dienone is 8. The second kappa shape index (κ2) is 57.1. The van der Waals surface area contributed by atoms with E-state index in [0.717, 1.165) is 103 Å². The Balaban J connectivity index is 2.63. The summed E-state index contributed by atoms with van der Waals surface area (Å²) in [6.45, 7) is 5.93. The average molecular weight is 1140 g/mol. The summed E-state index contributed by atoms with van der Waals surface area (Å²) in [5.41, 5.74) is 0. The fourth-order valence-electron chi connectivity index (χ4n) is 10.3. The zero-order valence-corrected chi connectivity index (χ0v) is 52.0. The number of ether oxygens (including phenoxy) is 5. The van der Waals surface area contributed by atoms with E-state index in [1.807, 2.05) is 0 Å². The Morgan fingerprint density at radius 2 is 0.778 bits per heavy atom. The number of carboxylic acid groups (broad SMARTS) is 1. The molecule has 81 heavy (non-hydrogen) atoms. The maximum atomic E-state index is 13.2. The molecule has 1 saturated heterocycles. The molecule has 0 aromatic rings. The van der Waals surface area contributed by atoms with E-state index in [4.69, 9.17) is 23.7 Å². The molecule has 0 bridgehead atoms. The lowest BCUT2D eigenvalue weighted by molar-refractivity contribution is -0.301. The highest BCUT2D eigenvalue weighted by molar-refractivity contribution is 5.74. The van der Waals surface area contributed by atoms with Gasteiger partial charge in [0.1, 0.15) is 18.8 Å². The third-order valence-corrected chi connectivity index (χ3v) is 15.4. The molecule has 12 nitrogen and oxygen atoms in total. The van der Waals surface area contributed by atoms with Crippen LogP contribution in [0.2, 0.25) is 0 Å². The first-order valence-electron chi connectivity index (χ1n) is 33.6. The predicted octanol–water partition coefficient (Wildman–Crippen LogP) is 18.1. The first kappa shape index (κ1) is 75.7. The highest BCUT2D eigenvalue weighted by atomic mass is 16.7. The van der Waals surface area contributed by atoms with Gasteiger partial charge in [-0.3, -0.25) is 14.4 Å². The van der Waals surface area contributed by atoms with Gasteiger partial charge in [-0.2, -0.15) is 0 Å². The summed E-state index contributed by atoms with van der Waals surface area (Å²) in [6.07, 6.45) is 57.8. The predicted molar refractivity (Wildman–Crippen MR) is 331 cm³/mol. The Morgan fingerprint density at radius 1 is 0.420 bits per heavy atom. The summed E-state index contributed by atoms with van der Waals surface area (Å²) in [4.78, 5) is 51.4. The minimum Gasteiger partial charge on any atom is -0.479 e. The third kappa shape index (κ3) is 46.7. The zero-order valence-electron chi connectivity index (χ0n) is 52.0. The van der Waals surface area contributed by atoms with Crippen LogP contribution in [0.25, 0.3) is 0 Å². The van der Waals surface area contributed by atoms with Crippen molar-refractivity contribution in [1.82, 2.24) is 0 Å². The van der Waals surface area contributed by atoms with Crippen molar-refractivity contribution in [3.63, 3.8) is 0 Å². The molecule has 0 saturated carbocycles. The van der Waals surface area contributed by atoms with Crippen molar-refractivity contribution in [3.05, 3.63) is 48.6 Å². The van der Waals surface area contributed by atoms with Crippen molar-refractivity contribution in [1.29, 1.82) is 0 Å². The summed E-state index contributed by atoms with van der Waals surface area (Å²) in [7, 11) is 0. The molecule has 1 aliphatic heterocycles. The molecule has 0 aromatic carbocycles. The quantitative estimate of drug-likeness (QED) is 0.0228. The number of rotatable bonds is 58. The van der Waals surface area contributed by atoms with Gasteiger partial charge in [0.25, 0.3) is 0 Å². The fraction of sp³-hybridized carbons (Fsp3) is 0.826. The molecular formula is C69H122O12. The van der Waals surface area contributed by atoms with Gasteiger partial charge in [-0.1, -0.05) is 268 Å². The number of unbranched alkanes of at least 4 members (excludes halogenated alkanes) is 36. The SMILES string of the molecule is CC/C=C\C/C=C\C/C=C\CCCCCCCCCC(=O)OC1C(OCC(COC(=O)CCCCCCCCCCC/C=C\CCCCCCCC)OC(=O)CCCCCCCCCCCCCCCCC)OC(C(=O)O)C(O)C1O. The Bertz CT molecular complexity index is 1590. The van der Waals surface area contributed by atoms with Crippen molar-refractivity contribution >= 4 is 23.9 Å². The van der Waals surface area contributed by atoms with Gasteiger partial charge in [0, 0.05) is 19.3 Å². The molecule has 3 N–H and O–H groups in total. The average Bonchev–Trinajstić information content (AvgIpc) is 3.53. The van der Waals surface area contributed by atoms with Crippen LogP contribution in [0.3, 0.4) is 0 Å². The summed E-state index contributed by atoms with van der Waals surface area (Å²) in [5.74, 6) is -3.10. The minimum absolute atomic E-state index is 0.0513. The van der Waals surface area contributed by atoms with Crippen LogP contribution >= 0.6 is 0 Å². The molecule has 0 spiro atoms. The molecule has 470 valence electrons. The van der Waals surface area contributed by atoms with E-state index in [0.29, 0.717) is 19.3 Å². The Morgan fingerprint density at radius 3 is 1.20 bits per heavy atom. The molecule has 0 aromatic heterocycles. The van der Waals surface area contributed by atoms with E-state index >= 15 is 0 Å². The molecule has 0 amide bonds. The van der Waals surface area contributed by atoms with E-state index < -0.39 is 67.3 Å². The highest BCUT2D eigenvalue weighted by Gasteiger charge is 2.50. The molecule has 1 rings (SSSR count). The molecule has 0 radical (unpaired) electrons. The maximum absolute atomic E-state index is 13.2. The molecule has 6 atom stereocenters. The van der Waals surface area contributed by atoms with Gasteiger partial charge < -0.3 is 39.0 Å². The third-order valence-electron chi connectivity index (χ3n) is 15.4. The summed E-state index contributed by atoms with van der Waals surface area (Å²) < 4.78 is 28.6. The van der Waals surface area contributed by atoms with Crippen LogP contribution in [0.15, 0.2) is 48.6 Å². The van der Waals surface area contributed by atoms with Crippen molar-refractivity contribution in [2.75, 3.05) is 13.2 Å². The standard InChI is InChI=1S/C69H122O12/c1-4-7-10-13-16-19-22-25-28-30-31-33-35-37-40-43-46-49-52-55-61(70)77-58-60(79-62(71)56-53-50-47-44-41-38-34-27-24-21-18-15-12-9-6-3)59-78-69-67(65(74)64(73)66(81-69)68(75)76)80-63(72)57-54-51-48-45-42-39-36-32-29-26-23-20-17-14-11-8-5-2/h8,11,17,20,25-26,28-29,60,64-67,69,73-74H,4-7,9-10,12-16,18-19,21-24,27,30-59H2,1-3H3,(H,75,76)/b11-8-,20-17-,28-25-,29-26-. The van der Waals surface area contributed by atoms with Crippen molar-refractivity contribution in [3.8, 4) is 0 Å². The van der Waals surface area contributed by atoms with Crippen LogP contribution < -0.4 is 0 Å². The lowest BCUT2D eigenvalue weighted by Crippen LogP contribution is -2.61. The number of aliphatic hydroxyl groups excluding tert-OH is 2. The van der Waals surface area contributed by atoms with Gasteiger partial charge in [-0.25, -0.2) is 4.79 Å². The van der Waals surface area contributed by atoms with E-state index in [1.54, 1.807) is 0 Å². The van der Waals surface area contributed by atoms with Gasteiger partial charge in [0.15, 0.2) is 24.6 Å². The number of esters is 3. The largest absolute Gasteiger partial charge is 0.479 e. The number of carboxylic acids is 1. The van der Waals surface area contributed by atoms with E-state index in [1.165, 1.54) is 154 Å². The van der Waals surface area contributed by atoms with Crippen LogP contribution in [-0.4, -0.2) is 89.2 Å². The number of hydrogen-bond donors (Lipinski definition) is 3. The fourth-order valence-corrected chi connectivity index (χ4v) is 10.3. The van der Waals surface area contributed by atoms with E-state index in [-0.39, 0.29) is 25.9 Å². The first-order valence-corrected chi connectivity index (χ1v) is 33.6. The van der Waals surface area contributed by atoms with Crippen LogP contribution in [0.5, 0.6) is 0 Å². The Labute approximate surface area is 494 Å². The Hall–Kier alpha value is -3.32. The highest BCUT2D eigenvalue weighted by Crippen LogP contribution is 2.27. The second-order valence-electron chi connectivity index (χ2n) is 23.1. The monoisotopic (exact) mass is 1140 g/mol. The maximum Gasteiger partial charge on any atom is 0.335 e. The number of hydrogen-bond acceptors (Lipinski definition) is 11. The lowest BCUT2D eigenvalue weighted by atomic mass is 9.98. The molecule has 6 unspecified atom stereocenters. The van der Waals surface area contributed by atoms with Crippen LogP contribution in [0.4, 0.5) is 0 Å². The minimum atomic E-state index is -1.91. The number of aliphatic hydroxyl groups is 2. The molecule has 1 aliphatic rings. The first-order chi connectivity index (χ1) is 39.6. The molecular weight excluding hydrogens is 1020 g/mol. The topological polar surface area (TPSA) is 175 Å². The van der Waals surface area contributed by atoms with Crippen molar-refractivity contribution < 1.29 is 58.2 Å².